The van der Waals surface area contributed by atoms with Gasteiger partial charge in [0.05, 0.1) is 11.9 Å². The third kappa shape index (κ3) is 11.1. The summed E-state index contributed by atoms with van der Waals surface area (Å²) in [7, 11) is -2.41. The zero-order valence-electron chi connectivity index (χ0n) is 24.9. The van der Waals surface area contributed by atoms with E-state index in [9.17, 15) is 32.3 Å². The minimum absolute atomic E-state index is 0.0364. The second kappa shape index (κ2) is 16.4. The topological polar surface area (TPSA) is 145 Å². The summed E-state index contributed by atoms with van der Waals surface area (Å²) in [6.07, 6.45) is 1.39. The van der Waals surface area contributed by atoms with E-state index in [4.69, 9.17) is 0 Å². The van der Waals surface area contributed by atoms with E-state index in [-0.39, 0.29) is 29.9 Å². The maximum absolute atomic E-state index is 13.4. The minimum atomic E-state index is -3.72. The highest BCUT2D eigenvalue weighted by atomic mass is 32.2. The van der Waals surface area contributed by atoms with Crippen LogP contribution in [-0.2, 0) is 27.8 Å². The van der Waals surface area contributed by atoms with Crippen LogP contribution in [0, 0.1) is 5.82 Å². The lowest BCUT2D eigenvalue weighted by molar-refractivity contribution is -0.139. The van der Waals surface area contributed by atoms with Gasteiger partial charge in [0.15, 0.2) is 0 Å². The van der Waals surface area contributed by atoms with Gasteiger partial charge in [0.2, 0.25) is 10.0 Å². The van der Waals surface area contributed by atoms with E-state index in [1.165, 1.54) is 56.4 Å². The molecule has 12 heteroatoms. The number of carboxylic acid groups (broad SMARTS) is 1. The number of benzene rings is 3. The molecule has 0 saturated carbocycles. The Hall–Kier alpha value is -4.29. The van der Waals surface area contributed by atoms with Crippen molar-refractivity contribution in [3.63, 3.8) is 0 Å². The summed E-state index contributed by atoms with van der Waals surface area (Å²) < 4.78 is 38.7. The Kier molecular flexibility index (Phi) is 13.3. The van der Waals surface area contributed by atoms with E-state index in [2.05, 4.69) is 16.0 Å². The van der Waals surface area contributed by atoms with Crippen LogP contribution in [0.25, 0.3) is 0 Å². The first-order chi connectivity index (χ1) is 20.3. The largest absolute Gasteiger partial charge is 0.480 e. The van der Waals surface area contributed by atoms with Gasteiger partial charge >= 0.3 is 5.97 Å². The van der Waals surface area contributed by atoms with E-state index in [1.807, 2.05) is 44.2 Å². The third-order valence-corrected chi connectivity index (χ3v) is 7.58. The predicted octanol–water partition coefficient (Wildman–Crippen LogP) is 3.58. The van der Waals surface area contributed by atoms with Crippen LogP contribution >= 0.6 is 0 Å². The Bertz CT molecular complexity index is 1480. The van der Waals surface area contributed by atoms with Gasteiger partial charge in [-0.3, -0.25) is 18.7 Å². The van der Waals surface area contributed by atoms with Crippen LogP contribution in [0.5, 0.6) is 0 Å². The summed E-state index contributed by atoms with van der Waals surface area (Å²) in [6, 6.07) is 17.6. The number of aliphatic carboxylic acids is 1. The van der Waals surface area contributed by atoms with Crippen molar-refractivity contribution in [1.29, 1.82) is 0 Å². The second-order valence-electron chi connectivity index (χ2n) is 9.64. The van der Waals surface area contributed by atoms with Crippen LogP contribution < -0.4 is 20.3 Å². The van der Waals surface area contributed by atoms with E-state index < -0.39 is 45.7 Å². The standard InChI is InChI=1S/C29H33FN4O6S.C2H6/c1-19(29(37)38)31-18-25(13-20-7-5-4-6-8-20)33-28(36)23-14-22(15-26(16-23)34(2)41(3,39)40)27(35)32-17-21-9-11-24(30)12-10-21;1-2/h4-12,14-16,19,25,31H,13,17-18H2,1-3H3,(H,32,35)(H,33,36)(H,37,38);1-2H3/t19-,25-;/m0./s1. The maximum Gasteiger partial charge on any atom is 0.320 e. The molecule has 2 atom stereocenters. The van der Waals surface area contributed by atoms with Crippen molar-refractivity contribution in [2.24, 2.45) is 0 Å². The van der Waals surface area contributed by atoms with E-state index in [1.54, 1.807) is 0 Å². The van der Waals surface area contributed by atoms with Crippen LogP contribution in [0.3, 0.4) is 0 Å². The summed E-state index contributed by atoms with van der Waals surface area (Å²) in [6.45, 7) is 5.71. The number of carbonyl (C=O) groups is 3. The molecule has 0 bridgehead atoms. The van der Waals surface area contributed by atoms with Gasteiger partial charge in [-0.05, 0) is 54.8 Å². The zero-order chi connectivity index (χ0) is 32.2. The van der Waals surface area contributed by atoms with Gasteiger partial charge in [-0.25, -0.2) is 12.8 Å². The van der Waals surface area contributed by atoms with Crippen molar-refractivity contribution >= 4 is 33.5 Å². The van der Waals surface area contributed by atoms with Gasteiger partial charge < -0.3 is 21.1 Å². The van der Waals surface area contributed by atoms with Gasteiger partial charge in [-0.1, -0.05) is 56.3 Å². The normalized spacial score (nSPS) is 12.2. The van der Waals surface area contributed by atoms with Crippen LogP contribution in [0.4, 0.5) is 10.1 Å². The first-order valence-corrected chi connectivity index (χ1v) is 15.6. The number of hydrogen-bond acceptors (Lipinski definition) is 6. The number of halogens is 1. The lowest BCUT2D eigenvalue weighted by Gasteiger charge is -2.22. The molecular weight excluding hydrogens is 575 g/mol. The number of sulfonamides is 1. The molecule has 3 rings (SSSR count). The van der Waals surface area contributed by atoms with E-state index in [0.717, 1.165) is 16.1 Å². The molecule has 0 aromatic heterocycles. The molecule has 0 aliphatic rings. The molecule has 0 fully saturated rings. The highest BCUT2D eigenvalue weighted by Gasteiger charge is 2.22. The Labute approximate surface area is 252 Å². The Morgan fingerprint density at radius 3 is 2.05 bits per heavy atom. The molecule has 0 radical (unpaired) electrons. The SMILES string of the molecule is CC.C[C@H](NC[C@H](Cc1ccccc1)NC(=O)c1cc(C(=O)NCc2ccc(F)cc2)cc(N(C)S(C)(=O)=O)c1)C(=O)O. The van der Waals surface area contributed by atoms with E-state index >= 15 is 0 Å². The third-order valence-electron chi connectivity index (χ3n) is 6.37. The van der Waals surface area contributed by atoms with E-state index in [0.29, 0.717) is 12.0 Å². The van der Waals surface area contributed by atoms with Crippen molar-refractivity contribution in [3.05, 3.63) is 101 Å². The van der Waals surface area contributed by atoms with Crippen molar-refractivity contribution in [2.75, 3.05) is 24.2 Å². The van der Waals surface area contributed by atoms with Gasteiger partial charge in [-0.15, -0.1) is 0 Å². The molecule has 43 heavy (non-hydrogen) atoms. The number of carbonyl (C=O) groups excluding carboxylic acids is 2. The molecule has 3 aromatic carbocycles. The summed E-state index contributed by atoms with van der Waals surface area (Å²) >= 11 is 0. The summed E-state index contributed by atoms with van der Waals surface area (Å²) in [5, 5.41) is 17.7. The predicted molar refractivity (Wildman–Crippen MR) is 165 cm³/mol. The number of nitrogens with zero attached hydrogens (tertiary/aromatic N) is 1. The molecule has 0 aliphatic heterocycles. The molecule has 0 heterocycles. The molecular formula is C31H39FN4O6S. The quantitative estimate of drug-likeness (QED) is 0.230. The average molecular weight is 615 g/mol. The first kappa shape index (κ1) is 34.9. The smallest absolute Gasteiger partial charge is 0.320 e. The number of nitrogens with one attached hydrogen (secondary N) is 3. The van der Waals surface area contributed by atoms with Crippen molar-refractivity contribution in [3.8, 4) is 0 Å². The van der Waals surface area contributed by atoms with Crippen LogP contribution in [0.15, 0.2) is 72.8 Å². The van der Waals surface area contributed by atoms with Crippen molar-refractivity contribution in [2.45, 2.75) is 45.8 Å². The summed E-state index contributed by atoms with van der Waals surface area (Å²) in [5.74, 6) is -2.59. The highest BCUT2D eigenvalue weighted by Crippen LogP contribution is 2.21. The first-order valence-electron chi connectivity index (χ1n) is 13.8. The number of amides is 2. The molecule has 0 spiro atoms. The zero-order valence-corrected chi connectivity index (χ0v) is 25.7. The lowest BCUT2D eigenvalue weighted by atomic mass is 10.0. The van der Waals surface area contributed by atoms with Crippen LogP contribution in [0.1, 0.15) is 52.6 Å². The second-order valence-corrected chi connectivity index (χ2v) is 11.7. The summed E-state index contributed by atoms with van der Waals surface area (Å²) in [5.41, 5.74) is 1.74. The van der Waals surface area contributed by atoms with Gasteiger partial charge in [0, 0.05) is 37.3 Å². The van der Waals surface area contributed by atoms with Gasteiger partial charge in [0.25, 0.3) is 11.8 Å². The molecule has 4 N–H and O–H groups in total. The van der Waals surface area contributed by atoms with Crippen LogP contribution in [-0.4, -0.2) is 63.2 Å². The molecule has 2 amide bonds. The Balaban J connectivity index is 0.00000316. The average Bonchev–Trinajstić information content (AvgIpc) is 2.99. The molecule has 0 saturated heterocycles. The monoisotopic (exact) mass is 614 g/mol. The van der Waals surface area contributed by atoms with Gasteiger partial charge in [-0.2, -0.15) is 0 Å². The molecule has 0 aliphatic carbocycles. The Morgan fingerprint density at radius 1 is 0.907 bits per heavy atom. The number of rotatable bonds is 13. The lowest BCUT2D eigenvalue weighted by Crippen LogP contribution is -2.47. The van der Waals surface area contributed by atoms with Gasteiger partial charge in [0.1, 0.15) is 11.9 Å². The number of carboxylic acids is 1. The molecule has 3 aromatic rings. The number of hydrogen-bond donors (Lipinski definition) is 4. The highest BCUT2D eigenvalue weighted by molar-refractivity contribution is 7.92. The summed E-state index contributed by atoms with van der Waals surface area (Å²) in [4.78, 5) is 37.8. The van der Waals surface area contributed by atoms with Crippen molar-refractivity contribution in [1.82, 2.24) is 16.0 Å². The fraction of sp³-hybridized carbons (Fsp3) is 0.323. The molecule has 10 nitrogen and oxygen atoms in total. The molecule has 232 valence electrons. The Morgan fingerprint density at radius 2 is 1.49 bits per heavy atom. The minimum Gasteiger partial charge on any atom is -0.480 e. The van der Waals surface area contributed by atoms with Crippen LogP contribution in [0.2, 0.25) is 0 Å². The number of anilines is 1. The fourth-order valence-electron chi connectivity index (χ4n) is 3.88. The van der Waals surface area contributed by atoms with Crippen molar-refractivity contribution < 1.29 is 32.3 Å². The molecule has 0 unspecified atom stereocenters. The fourth-order valence-corrected chi connectivity index (χ4v) is 4.37. The maximum atomic E-state index is 13.4.